The lowest BCUT2D eigenvalue weighted by Crippen LogP contribution is -2.40. The maximum atomic E-state index is 9.33. The molecule has 0 aromatic carbocycles. The molecule has 1 aliphatic carbocycles. The molecule has 0 amide bonds. The summed E-state index contributed by atoms with van der Waals surface area (Å²) in [5.74, 6) is -0.350. The highest BCUT2D eigenvalue weighted by molar-refractivity contribution is 4.91. The Morgan fingerprint density at radius 1 is 1.21 bits per heavy atom. The van der Waals surface area contributed by atoms with Crippen molar-refractivity contribution in [3.8, 4) is 0 Å². The molecule has 1 aliphatic heterocycles. The second-order valence-electron chi connectivity index (χ2n) is 4.56. The van der Waals surface area contributed by atoms with E-state index < -0.39 is 5.60 Å². The van der Waals surface area contributed by atoms with Gasteiger partial charge in [-0.1, -0.05) is 13.3 Å². The smallest absolute Gasteiger partial charge is 0.169 e. The average molecular weight is 200 g/mol. The molecular weight excluding hydrogens is 180 g/mol. The highest BCUT2D eigenvalue weighted by Crippen LogP contribution is 2.42. The van der Waals surface area contributed by atoms with Crippen LogP contribution in [0.2, 0.25) is 0 Å². The summed E-state index contributed by atoms with van der Waals surface area (Å²) in [4.78, 5) is 0. The van der Waals surface area contributed by atoms with E-state index in [0.717, 1.165) is 19.3 Å². The van der Waals surface area contributed by atoms with Gasteiger partial charge in [-0.2, -0.15) is 0 Å². The Morgan fingerprint density at radius 3 is 2.43 bits per heavy atom. The highest BCUT2D eigenvalue weighted by Gasteiger charge is 2.49. The van der Waals surface area contributed by atoms with Crippen LogP contribution in [0, 0.1) is 0 Å². The zero-order valence-corrected chi connectivity index (χ0v) is 8.92. The summed E-state index contributed by atoms with van der Waals surface area (Å²) in [5.41, 5.74) is -0.419. The van der Waals surface area contributed by atoms with Crippen molar-refractivity contribution in [3.63, 3.8) is 0 Å². The molecule has 2 rings (SSSR count). The summed E-state index contributed by atoms with van der Waals surface area (Å²) in [7, 11) is 0. The highest BCUT2D eigenvalue weighted by atomic mass is 16.8. The normalized spacial score (nSPS) is 36.4. The summed E-state index contributed by atoms with van der Waals surface area (Å²) < 4.78 is 11.8. The quantitative estimate of drug-likeness (QED) is 0.739. The van der Waals surface area contributed by atoms with Crippen LogP contribution in [0.25, 0.3) is 0 Å². The van der Waals surface area contributed by atoms with Gasteiger partial charge < -0.3 is 14.6 Å². The summed E-state index contributed by atoms with van der Waals surface area (Å²) in [6, 6.07) is 0. The lowest BCUT2D eigenvalue weighted by atomic mass is 9.94. The van der Waals surface area contributed by atoms with Crippen LogP contribution in [0.5, 0.6) is 0 Å². The molecule has 1 spiro atoms. The minimum atomic E-state index is -0.419. The molecule has 2 fully saturated rings. The Balaban J connectivity index is 2.04. The monoisotopic (exact) mass is 200 g/mol. The molecule has 0 aromatic heterocycles. The first-order valence-electron chi connectivity index (χ1n) is 5.69. The summed E-state index contributed by atoms with van der Waals surface area (Å²) in [6.07, 6.45) is 6.47. The van der Waals surface area contributed by atoms with Crippen molar-refractivity contribution in [1.29, 1.82) is 0 Å². The van der Waals surface area contributed by atoms with Gasteiger partial charge in [0.15, 0.2) is 5.79 Å². The predicted octanol–water partition coefficient (Wildman–Crippen LogP) is 1.83. The number of rotatable bonds is 2. The van der Waals surface area contributed by atoms with E-state index in [1.54, 1.807) is 0 Å². The molecule has 14 heavy (non-hydrogen) atoms. The summed E-state index contributed by atoms with van der Waals surface area (Å²) >= 11 is 0. The van der Waals surface area contributed by atoms with Crippen LogP contribution in [0.3, 0.4) is 0 Å². The van der Waals surface area contributed by atoms with Gasteiger partial charge in [-0.15, -0.1) is 0 Å². The van der Waals surface area contributed by atoms with Gasteiger partial charge >= 0.3 is 0 Å². The fourth-order valence-electron chi connectivity index (χ4n) is 2.42. The predicted molar refractivity (Wildman–Crippen MR) is 53.0 cm³/mol. The van der Waals surface area contributed by atoms with E-state index in [9.17, 15) is 5.11 Å². The van der Waals surface area contributed by atoms with Crippen LogP contribution >= 0.6 is 0 Å². The SMILES string of the molecule is CCC1(CO)COC2(CCCCC2)O1. The van der Waals surface area contributed by atoms with Crippen LogP contribution in [-0.4, -0.2) is 29.7 Å². The van der Waals surface area contributed by atoms with Gasteiger partial charge in [0.25, 0.3) is 0 Å². The van der Waals surface area contributed by atoms with E-state index in [1.165, 1.54) is 19.3 Å². The van der Waals surface area contributed by atoms with Gasteiger partial charge in [-0.25, -0.2) is 0 Å². The molecular formula is C11H20O3. The molecule has 3 heteroatoms. The second-order valence-corrected chi connectivity index (χ2v) is 4.56. The first-order chi connectivity index (χ1) is 6.74. The van der Waals surface area contributed by atoms with Gasteiger partial charge in [-0.3, -0.25) is 0 Å². The Kier molecular flexibility index (Phi) is 2.82. The van der Waals surface area contributed by atoms with E-state index in [2.05, 4.69) is 0 Å². The first-order valence-corrected chi connectivity index (χ1v) is 5.69. The molecule has 2 aliphatic rings. The number of ether oxygens (including phenoxy) is 2. The zero-order valence-electron chi connectivity index (χ0n) is 8.92. The number of hydrogen-bond donors (Lipinski definition) is 1. The fourth-order valence-corrected chi connectivity index (χ4v) is 2.42. The first kappa shape index (κ1) is 10.4. The Hall–Kier alpha value is -0.120. The van der Waals surface area contributed by atoms with E-state index in [0.29, 0.717) is 6.61 Å². The molecule has 0 aromatic rings. The maximum Gasteiger partial charge on any atom is 0.169 e. The number of hydrogen-bond acceptors (Lipinski definition) is 3. The van der Waals surface area contributed by atoms with Crippen LogP contribution < -0.4 is 0 Å². The molecule has 0 radical (unpaired) electrons. The maximum absolute atomic E-state index is 9.33. The van der Waals surface area contributed by atoms with Gasteiger partial charge in [0.05, 0.1) is 13.2 Å². The van der Waals surface area contributed by atoms with Crippen molar-refractivity contribution in [3.05, 3.63) is 0 Å². The second kappa shape index (κ2) is 3.80. The molecule has 1 heterocycles. The third kappa shape index (κ3) is 1.69. The van der Waals surface area contributed by atoms with Gasteiger partial charge in [0.1, 0.15) is 5.60 Å². The van der Waals surface area contributed by atoms with E-state index in [1.807, 2.05) is 6.92 Å². The van der Waals surface area contributed by atoms with Gasteiger partial charge in [0, 0.05) is 12.8 Å². The molecule has 1 unspecified atom stereocenters. The Morgan fingerprint density at radius 2 is 1.93 bits per heavy atom. The van der Waals surface area contributed by atoms with Crippen molar-refractivity contribution in [2.45, 2.75) is 56.8 Å². The largest absolute Gasteiger partial charge is 0.393 e. The van der Waals surface area contributed by atoms with Crippen LogP contribution in [-0.2, 0) is 9.47 Å². The topological polar surface area (TPSA) is 38.7 Å². The Bertz CT molecular complexity index is 193. The van der Waals surface area contributed by atoms with Crippen molar-refractivity contribution < 1.29 is 14.6 Å². The summed E-state index contributed by atoms with van der Waals surface area (Å²) in [5, 5.41) is 9.33. The number of aliphatic hydroxyl groups excluding tert-OH is 1. The van der Waals surface area contributed by atoms with Crippen LogP contribution in [0.15, 0.2) is 0 Å². The third-order valence-corrected chi connectivity index (χ3v) is 3.55. The molecule has 1 N–H and O–H groups in total. The van der Waals surface area contributed by atoms with Crippen molar-refractivity contribution >= 4 is 0 Å². The Labute approximate surface area is 85.4 Å². The molecule has 82 valence electrons. The third-order valence-electron chi connectivity index (χ3n) is 3.55. The fraction of sp³-hybridized carbons (Fsp3) is 1.00. The molecule has 3 nitrogen and oxygen atoms in total. The minimum absolute atomic E-state index is 0.0747. The van der Waals surface area contributed by atoms with Crippen LogP contribution in [0.1, 0.15) is 45.4 Å². The molecule has 1 atom stereocenters. The lowest BCUT2D eigenvalue weighted by Gasteiger charge is -2.34. The van der Waals surface area contributed by atoms with Crippen molar-refractivity contribution in [2.75, 3.05) is 13.2 Å². The van der Waals surface area contributed by atoms with Crippen molar-refractivity contribution in [2.24, 2.45) is 0 Å². The summed E-state index contributed by atoms with van der Waals surface area (Å²) in [6.45, 7) is 2.67. The molecule has 0 bridgehead atoms. The van der Waals surface area contributed by atoms with E-state index >= 15 is 0 Å². The van der Waals surface area contributed by atoms with E-state index in [4.69, 9.17) is 9.47 Å². The van der Waals surface area contributed by atoms with Gasteiger partial charge in [-0.05, 0) is 19.3 Å². The van der Waals surface area contributed by atoms with Crippen LogP contribution in [0.4, 0.5) is 0 Å². The number of aliphatic hydroxyl groups is 1. The standard InChI is InChI=1S/C11H20O3/c1-2-10(8-12)9-13-11(14-10)6-4-3-5-7-11/h12H,2-9H2,1H3. The zero-order chi connectivity index (χ0) is 10.1. The minimum Gasteiger partial charge on any atom is -0.393 e. The molecule has 1 saturated carbocycles. The average Bonchev–Trinajstić information content (AvgIpc) is 2.60. The van der Waals surface area contributed by atoms with Gasteiger partial charge in [0.2, 0.25) is 0 Å². The lowest BCUT2D eigenvalue weighted by molar-refractivity contribution is -0.210. The van der Waals surface area contributed by atoms with E-state index in [-0.39, 0.29) is 12.4 Å². The van der Waals surface area contributed by atoms with Crippen molar-refractivity contribution in [1.82, 2.24) is 0 Å². The molecule has 1 saturated heterocycles.